The highest BCUT2D eigenvalue weighted by Gasteiger charge is 2.47. The first-order valence-corrected chi connectivity index (χ1v) is 7.48. The van der Waals surface area contributed by atoms with Crippen molar-refractivity contribution in [3.05, 3.63) is 40.9 Å². The Kier molecular flexibility index (Phi) is 2.25. The number of hydrogen-bond donors (Lipinski definition) is 0. The standard InChI is InChI=1S/C16H16BrN/c17-14-4-2-13-9-15(5-3-12(13)8-14)18-10-16(11-18)6-1-7-16/h2-5,8-9H,1,6-7,10-11H2. The number of anilines is 1. The van der Waals surface area contributed by atoms with Crippen LogP contribution in [0.4, 0.5) is 5.69 Å². The molecule has 1 heterocycles. The minimum absolute atomic E-state index is 0.703. The molecule has 2 heteroatoms. The fourth-order valence-electron chi connectivity index (χ4n) is 3.34. The lowest BCUT2D eigenvalue weighted by Crippen LogP contribution is -2.59. The van der Waals surface area contributed by atoms with Gasteiger partial charge >= 0.3 is 0 Å². The third kappa shape index (κ3) is 1.58. The first kappa shape index (κ1) is 10.9. The van der Waals surface area contributed by atoms with Crippen molar-refractivity contribution in [1.29, 1.82) is 0 Å². The third-order valence-corrected chi connectivity index (χ3v) is 5.11. The lowest BCUT2D eigenvalue weighted by atomic mass is 9.63. The fraction of sp³-hybridized carbons (Fsp3) is 0.375. The summed E-state index contributed by atoms with van der Waals surface area (Å²) in [4.78, 5) is 2.53. The van der Waals surface area contributed by atoms with E-state index in [4.69, 9.17) is 0 Å². The molecule has 2 aliphatic rings. The van der Waals surface area contributed by atoms with E-state index in [0.29, 0.717) is 5.41 Å². The van der Waals surface area contributed by atoms with Crippen molar-refractivity contribution in [2.45, 2.75) is 19.3 Å². The minimum Gasteiger partial charge on any atom is -0.370 e. The molecule has 4 rings (SSSR count). The van der Waals surface area contributed by atoms with E-state index >= 15 is 0 Å². The van der Waals surface area contributed by atoms with Gasteiger partial charge in [-0.3, -0.25) is 0 Å². The lowest BCUT2D eigenvalue weighted by molar-refractivity contribution is 0.0904. The van der Waals surface area contributed by atoms with Gasteiger partial charge in [-0.15, -0.1) is 0 Å². The Bertz CT molecular complexity index is 608. The first-order chi connectivity index (χ1) is 8.74. The molecule has 1 aliphatic heterocycles. The Balaban J connectivity index is 1.64. The van der Waals surface area contributed by atoms with Crippen molar-refractivity contribution < 1.29 is 0 Å². The van der Waals surface area contributed by atoms with E-state index in [0.717, 1.165) is 4.47 Å². The maximum atomic E-state index is 3.53. The van der Waals surface area contributed by atoms with Crippen LogP contribution in [0.25, 0.3) is 10.8 Å². The van der Waals surface area contributed by atoms with Gasteiger partial charge in [0.05, 0.1) is 0 Å². The zero-order valence-electron chi connectivity index (χ0n) is 10.3. The average Bonchev–Trinajstić information content (AvgIpc) is 2.25. The number of rotatable bonds is 1. The minimum atomic E-state index is 0.703. The number of nitrogens with zero attached hydrogens (tertiary/aromatic N) is 1. The van der Waals surface area contributed by atoms with Crippen molar-refractivity contribution in [2.75, 3.05) is 18.0 Å². The highest BCUT2D eigenvalue weighted by atomic mass is 79.9. The van der Waals surface area contributed by atoms with Crippen LogP contribution < -0.4 is 4.90 Å². The summed E-state index contributed by atoms with van der Waals surface area (Å²) in [6.07, 6.45) is 4.34. The predicted octanol–water partition coefficient (Wildman–Crippen LogP) is 4.59. The van der Waals surface area contributed by atoms with Crippen LogP contribution in [0.3, 0.4) is 0 Å². The van der Waals surface area contributed by atoms with Gasteiger partial charge < -0.3 is 4.90 Å². The molecule has 0 amide bonds. The van der Waals surface area contributed by atoms with Crippen LogP contribution in [-0.2, 0) is 0 Å². The van der Waals surface area contributed by atoms with Crippen LogP contribution in [0.15, 0.2) is 40.9 Å². The molecule has 2 fully saturated rings. The number of benzene rings is 2. The van der Waals surface area contributed by atoms with Crippen LogP contribution in [0.2, 0.25) is 0 Å². The van der Waals surface area contributed by atoms with Gasteiger partial charge in [0.2, 0.25) is 0 Å². The number of fused-ring (bicyclic) bond motifs is 1. The van der Waals surface area contributed by atoms with E-state index in [1.807, 2.05) is 0 Å². The van der Waals surface area contributed by atoms with Gasteiger partial charge in [-0.25, -0.2) is 0 Å². The van der Waals surface area contributed by atoms with Crippen LogP contribution in [-0.4, -0.2) is 13.1 Å². The largest absolute Gasteiger partial charge is 0.370 e. The van der Waals surface area contributed by atoms with Gasteiger partial charge in [0.1, 0.15) is 0 Å². The average molecular weight is 302 g/mol. The molecule has 0 radical (unpaired) electrons. The second-order valence-electron chi connectivity index (χ2n) is 5.89. The molecule has 0 N–H and O–H groups in total. The Morgan fingerprint density at radius 3 is 2.39 bits per heavy atom. The predicted molar refractivity (Wildman–Crippen MR) is 80.1 cm³/mol. The van der Waals surface area contributed by atoms with Crippen molar-refractivity contribution in [1.82, 2.24) is 0 Å². The summed E-state index contributed by atoms with van der Waals surface area (Å²) in [5.41, 5.74) is 2.09. The highest BCUT2D eigenvalue weighted by Crippen LogP contribution is 2.49. The molecular weight excluding hydrogens is 286 g/mol. The molecule has 1 spiro atoms. The molecule has 0 aromatic heterocycles. The van der Waals surface area contributed by atoms with Gasteiger partial charge in [0, 0.05) is 28.7 Å². The summed E-state index contributed by atoms with van der Waals surface area (Å²) in [7, 11) is 0. The first-order valence-electron chi connectivity index (χ1n) is 6.69. The fourth-order valence-corrected chi connectivity index (χ4v) is 3.72. The van der Waals surface area contributed by atoms with E-state index in [-0.39, 0.29) is 0 Å². The van der Waals surface area contributed by atoms with Gasteiger partial charge in [0.15, 0.2) is 0 Å². The highest BCUT2D eigenvalue weighted by molar-refractivity contribution is 9.10. The monoisotopic (exact) mass is 301 g/mol. The van der Waals surface area contributed by atoms with E-state index in [9.17, 15) is 0 Å². The smallest absolute Gasteiger partial charge is 0.0373 e. The van der Waals surface area contributed by atoms with Gasteiger partial charge in [-0.2, -0.15) is 0 Å². The molecular formula is C16H16BrN. The lowest BCUT2D eigenvalue weighted by Gasteiger charge is -2.57. The molecule has 92 valence electrons. The maximum Gasteiger partial charge on any atom is 0.0373 e. The Morgan fingerprint density at radius 1 is 0.944 bits per heavy atom. The summed E-state index contributed by atoms with van der Waals surface area (Å²) in [5.74, 6) is 0. The zero-order chi connectivity index (χ0) is 12.2. The molecule has 0 unspecified atom stereocenters. The van der Waals surface area contributed by atoms with Crippen molar-refractivity contribution in [3.63, 3.8) is 0 Å². The normalized spacial score (nSPS) is 20.8. The SMILES string of the molecule is Brc1ccc2cc(N3CC4(CCC4)C3)ccc2c1. The van der Waals surface area contributed by atoms with E-state index in [1.54, 1.807) is 0 Å². The van der Waals surface area contributed by atoms with Crippen LogP contribution in [0.1, 0.15) is 19.3 Å². The summed E-state index contributed by atoms with van der Waals surface area (Å²) in [6, 6.07) is 13.3. The Morgan fingerprint density at radius 2 is 1.67 bits per heavy atom. The summed E-state index contributed by atoms with van der Waals surface area (Å²) in [6.45, 7) is 2.55. The van der Waals surface area contributed by atoms with Crippen LogP contribution in [0.5, 0.6) is 0 Å². The number of halogens is 1. The summed E-state index contributed by atoms with van der Waals surface area (Å²) in [5, 5.41) is 2.65. The molecule has 1 nitrogen and oxygen atoms in total. The van der Waals surface area contributed by atoms with Crippen LogP contribution in [0, 0.1) is 5.41 Å². The Hall–Kier alpha value is -1.02. The summed E-state index contributed by atoms with van der Waals surface area (Å²) < 4.78 is 1.15. The van der Waals surface area contributed by atoms with Crippen molar-refractivity contribution >= 4 is 32.4 Å². The van der Waals surface area contributed by atoms with Gasteiger partial charge in [-0.05, 0) is 47.9 Å². The van der Waals surface area contributed by atoms with Crippen molar-refractivity contribution in [2.24, 2.45) is 5.41 Å². The van der Waals surface area contributed by atoms with E-state index in [2.05, 4.69) is 57.2 Å². The van der Waals surface area contributed by atoms with Crippen LogP contribution >= 0.6 is 15.9 Å². The Labute approximate surface area is 116 Å². The molecule has 0 atom stereocenters. The molecule has 2 aromatic carbocycles. The second kappa shape index (κ2) is 3.74. The molecule has 1 saturated carbocycles. The molecule has 0 bridgehead atoms. The second-order valence-corrected chi connectivity index (χ2v) is 6.80. The van der Waals surface area contributed by atoms with Gasteiger partial charge in [-0.1, -0.05) is 34.5 Å². The molecule has 1 saturated heterocycles. The van der Waals surface area contributed by atoms with E-state index in [1.165, 1.54) is 48.8 Å². The van der Waals surface area contributed by atoms with Crippen molar-refractivity contribution in [3.8, 4) is 0 Å². The third-order valence-electron chi connectivity index (χ3n) is 4.62. The maximum absolute atomic E-state index is 3.53. The summed E-state index contributed by atoms with van der Waals surface area (Å²) >= 11 is 3.53. The molecule has 1 aliphatic carbocycles. The number of hydrogen-bond acceptors (Lipinski definition) is 1. The molecule has 18 heavy (non-hydrogen) atoms. The zero-order valence-corrected chi connectivity index (χ0v) is 11.9. The van der Waals surface area contributed by atoms with E-state index < -0.39 is 0 Å². The topological polar surface area (TPSA) is 3.24 Å². The molecule has 2 aromatic rings. The van der Waals surface area contributed by atoms with Gasteiger partial charge in [0.25, 0.3) is 0 Å². The quantitative estimate of drug-likeness (QED) is 0.744.